The first-order chi connectivity index (χ1) is 7.10. The molecule has 1 amide bonds. The molecule has 15 heavy (non-hydrogen) atoms. The molecule has 0 aromatic carbocycles. The van der Waals surface area contributed by atoms with Gasteiger partial charge >= 0.3 is 5.97 Å². The van der Waals surface area contributed by atoms with Crippen LogP contribution < -0.4 is 5.32 Å². The summed E-state index contributed by atoms with van der Waals surface area (Å²) in [6, 6.07) is 0. The van der Waals surface area contributed by atoms with E-state index in [2.05, 4.69) is 16.9 Å². The lowest BCUT2D eigenvalue weighted by Gasteiger charge is -2.20. The lowest BCUT2D eigenvalue weighted by Crippen LogP contribution is -2.43. The second kappa shape index (κ2) is 4.97. The van der Waals surface area contributed by atoms with Crippen molar-refractivity contribution >= 4 is 28.8 Å². The van der Waals surface area contributed by atoms with Gasteiger partial charge < -0.3 is 10.1 Å². The van der Waals surface area contributed by atoms with Crippen LogP contribution in [0.4, 0.5) is 0 Å². The summed E-state index contributed by atoms with van der Waals surface area (Å²) in [6.07, 6.45) is 1.77. The summed E-state index contributed by atoms with van der Waals surface area (Å²) in [4.78, 5) is 26.9. The van der Waals surface area contributed by atoms with E-state index in [-0.39, 0.29) is 12.3 Å². The minimum Gasteiger partial charge on any atom is -0.465 e. The van der Waals surface area contributed by atoms with Crippen LogP contribution in [-0.2, 0) is 14.3 Å². The number of hydrogen-bond donors (Lipinski definition) is 1. The van der Waals surface area contributed by atoms with Gasteiger partial charge in [0.05, 0.1) is 12.3 Å². The Morgan fingerprint density at radius 2 is 2.40 bits per heavy atom. The SMILES string of the molecule is C=C1N=C(SC)NC(=O)C1C(=O)OCC. The molecule has 1 heterocycles. The standard InChI is InChI=1S/C9H12N2O3S/c1-4-14-8(13)6-5(2)10-9(15-3)11-7(6)12/h6H,2,4H2,1,3H3,(H,10,11,12). The molecule has 0 bridgehead atoms. The minimum atomic E-state index is -1.01. The van der Waals surface area contributed by atoms with E-state index in [0.29, 0.717) is 5.17 Å². The normalized spacial score (nSPS) is 20.7. The van der Waals surface area contributed by atoms with Gasteiger partial charge in [0.25, 0.3) is 0 Å². The Balaban J connectivity index is 2.84. The molecule has 0 fully saturated rings. The van der Waals surface area contributed by atoms with Crippen LogP contribution in [0.2, 0.25) is 0 Å². The van der Waals surface area contributed by atoms with Crippen molar-refractivity contribution in [2.24, 2.45) is 10.9 Å². The van der Waals surface area contributed by atoms with Gasteiger partial charge in [-0.2, -0.15) is 0 Å². The van der Waals surface area contributed by atoms with E-state index in [4.69, 9.17) is 4.74 Å². The predicted octanol–water partition coefficient (Wildman–Crippen LogP) is 0.528. The number of nitrogens with zero attached hydrogens (tertiary/aromatic N) is 1. The lowest BCUT2D eigenvalue weighted by atomic mass is 10.1. The van der Waals surface area contributed by atoms with Gasteiger partial charge in [0.2, 0.25) is 5.91 Å². The van der Waals surface area contributed by atoms with Crippen molar-refractivity contribution in [3.63, 3.8) is 0 Å². The number of ether oxygens (including phenoxy) is 1. The van der Waals surface area contributed by atoms with E-state index in [1.54, 1.807) is 13.2 Å². The van der Waals surface area contributed by atoms with Crippen LogP contribution in [0.5, 0.6) is 0 Å². The van der Waals surface area contributed by atoms with Gasteiger partial charge in [-0.15, -0.1) is 0 Å². The molecular formula is C9H12N2O3S. The average molecular weight is 228 g/mol. The van der Waals surface area contributed by atoms with Crippen molar-refractivity contribution in [3.8, 4) is 0 Å². The Morgan fingerprint density at radius 3 is 2.87 bits per heavy atom. The molecule has 1 rings (SSSR count). The largest absolute Gasteiger partial charge is 0.465 e. The topological polar surface area (TPSA) is 67.8 Å². The Hall–Kier alpha value is -1.30. The summed E-state index contributed by atoms with van der Waals surface area (Å²) in [5, 5.41) is 2.95. The lowest BCUT2D eigenvalue weighted by molar-refractivity contribution is -0.150. The number of amides is 1. The molecule has 6 heteroatoms. The number of carbonyl (C=O) groups is 2. The summed E-state index contributed by atoms with van der Waals surface area (Å²) in [5.74, 6) is -2.05. The van der Waals surface area contributed by atoms with E-state index in [1.807, 2.05) is 0 Å². The first-order valence-electron chi connectivity index (χ1n) is 4.39. The Bertz CT molecular complexity index is 338. The maximum atomic E-state index is 11.5. The van der Waals surface area contributed by atoms with Crippen molar-refractivity contribution in [1.29, 1.82) is 0 Å². The van der Waals surface area contributed by atoms with E-state index >= 15 is 0 Å². The van der Waals surface area contributed by atoms with Gasteiger partial charge in [-0.25, -0.2) is 4.99 Å². The molecule has 1 atom stereocenters. The van der Waals surface area contributed by atoms with Crippen LogP contribution in [-0.4, -0.2) is 29.9 Å². The van der Waals surface area contributed by atoms with Crippen LogP contribution >= 0.6 is 11.8 Å². The second-order valence-corrected chi connectivity index (χ2v) is 3.58. The van der Waals surface area contributed by atoms with Crippen LogP contribution in [0.15, 0.2) is 17.3 Å². The summed E-state index contributed by atoms with van der Waals surface area (Å²) in [5.41, 5.74) is 0.224. The molecular weight excluding hydrogens is 216 g/mol. The highest BCUT2D eigenvalue weighted by Gasteiger charge is 2.34. The molecule has 82 valence electrons. The number of amidine groups is 1. The predicted molar refractivity (Wildman–Crippen MR) is 58.4 cm³/mol. The second-order valence-electron chi connectivity index (χ2n) is 2.79. The fourth-order valence-electron chi connectivity index (χ4n) is 1.12. The van der Waals surface area contributed by atoms with Crippen molar-refractivity contribution in [2.45, 2.75) is 6.92 Å². The number of rotatable bonds is 2. The molecule has 1 unspecified atom stereocenters. The molecule has 0 aliphatic carbocycles. The summed E-state index contributed by atoms with van der Waals surface area (Å²) in [6.45, 7) is 5.49. The van der Waals surface area contributed by atoms with E-state index in [9.17, 15) is 9.59 Å². The fourth-order valence-corrected chi connectivity index (χ4v) is 1.53. The Labute approximate surface area is 92.0 Å². The first-order valence-corrected chi connectivity index (χ1v) is 5.61. The maximum Gasteiger partial charge on any atom is 0.324 e. The van der Waals surface area contributed by atoms with Gasteiger partial charge in [0, 0.05) is 0 Å². The van der Waals surface area contributed by atoms with Crippen molar-refractivity contribution in [2.75, 3.05) is 12.9 Å². The molecule has 0 aromatic rings. The van der Waals surface area contributed by atoms with Crippen molar-refractivity contribution in [3.05, 3.63) is 12.3 Å². The molecule has 1 aliphatic rings. The van der Waals surface area contributed by atoms with Crippen LogP contribution in [0.1, 0.15) is 6.92 Å². The van der Waals surface area contributed by atoms with E-state index in [0.717, 1.165) is 0 Å². The molecule has 0 saturated carbocycles. The molecule has 0 spiro atoms. The van der Waals surface area contributed by atoms with Crippen LogP contribution in [0.25, 0.3) is 0 Å². The molecule has 0 saturated heterocycles. The minimum absolute atomic E-state index is 0.224. The molecule has 1 aliphatic heterocycles. The van der Waals surface area contributed by atoms with Gasteiger partial charge in [0.15, 0.2) is 11.1 Å². The van der Waals surface area contributed by atoms with Crippen molar-refractivity contribution < 1.29 is 14.3 Å². The Morgan fingerprint density at radius 1 is 1.73 bits per heavy atom. The van der Waals surface area contributed by atoms with Crippen molar-refractivity contribution in [1.82, 2.24) is 5.32 Å². The van der Waals surface area contributed by atoms with Gasteiger partial charge in [0.1, 0.15) is 0 Å². The Kier molecular flexibility index (Phi) is 3.90. The number of thioether (sulfide) groups is 1. The number of esters is 1. The van der Waals surface area contributed by atoms with Gasteiger partial charge in [-0.1, -0.05) is 18.3 Å². The smallest absolute Gasteiger partial charge is 0.324 e. The maximum absolute atomic E-state index is 11.5. The molecule has 0 aromatic heterocycles. The van der Waals surface area contributed by atoms with Gasteiger partial charge in [-0.3, -0.25) is 9.59 Å². The van der Waals surface area contributed by atoms with E-state index < -0.39 is 17.8 Å². The average Bonchev–Trinajstić information content (AvgIpc) is 2.16. The van der Waals surface area contributed by atoms with Crippen LogP contribution in [0.3, 0.4) is 0 Å². The third kappa shape index (κ3) is 2.59. The zero-order chi connectivity index (χ0) is 11.4. The first kappa shape index (κ1) is 11.8. The molecule has 0 radical (unpaired) electrons. The third-order valence-corrected chi connectivity index (χ3v) is 2.37. The quantitative estimate of drug-likeness (QED) is 0.553. The number of nitrogens with one attached hydrogen (secondary N) is 1. The monoisotopic (exact) mass is 228 g/mol. The highest BCUT2D eigenvalue weighted by Crippen LogP contribution is 2.19. The molecule has 1 N–H and O–H groups in total. The summed E-state index contributed by atoms with van der Waals surface area (Å²) in [7, 11) is 0. The zero-order valence-corrected chi connectivity index (χ0v) is 9.39. The number of hydrogen-bond acceptors (Lipinski definition) is 5. The number of carbonyl (C=O) groups excluding carboxylic acids is 2. The molecule has 5 nitrogen and oxygen atoms in total. The summed E-state index contributed by atoms with van der Waals surface area (Å²) < 4.78 is 4.75. The van der Waals surface area contributed by atoms with Gasteiger partial charge in [-0.05, 0) is 13.2 Å². The van der Waals surface area contributed by atoms with Crippen LogP contribution in [0, 0.1) is 5.92 Å². The highest BCUT2D eigenvalue weighted by molar-refractivity contribution is 8.13. The van der Waals surface area contributed by atoms with E-state index in [1.165, 1.54) is 11.8 Å². The number of aliphatic imine (C=N–C) groups is 1. The fraction of sp³-hybridized carbons (Fsp3) is 0.444. The zero-order valence-electron chi connectivity index (χ0n) is 8.57. The third-order valence-electron chi connectivity index (χ3n) is 1.79. The highest BCUT2D eigenvalue weighted by atomic mass is 32.2. The summed E-state index contributed by atoms with van der Waals surface area (Å²) >= 11 is 1.29.